The predicted molar refractivity (Wildman–Crippen MR) is 137 cm³/mol. The number of alkyl halides is 3. The Morgan fingerprint density at radius 2 is 1.62 bits per heavy atom. The molecule has 0 spiro atoms. The number of rotatable bonds is 7. The molecule has 0 unspecified atom stereocenters. The van der Waals surface area contributed by atoms with E-state index in [0.717, 1.165) is 24.2 Å². The summed E-state index contributed by atoms with van der Waals surface area (Å²) < 4.78 is 52.4. The molecule has 196 valence electrons. The fourth-order valence-electron chi connectivity index (χ4n) is 5.23. The van der Waals surface area contributed by atoms with Gasteiger partial charge in [-0.15, -0.1) is 0 Å². The van der Waals surface area contributed by atoms with Crippen molar-refractivity contribution >= 4 is 5.91 Å². The fourth-order valence-corrected chi connectivity index (χ4v) is 5.23. The summed E-state index contributed by atoms with van der Waals surface area (Å²) in [4.78, 5) is 17.5. The Bertz CT molecular complexity index is 1210. The van der Waals surface area contributed by atoms with Crippen LogP contribution in [0.2, 0.25) is 0 Å². The van der Waals surface area contributed by atoms with Crippen molar-refractivity contribution in [3.8, 4) is 0 Å². The zero-order chi connectivity index (χ0) is 26.7. The van der Waals surface area contributed by atoms with Crippen LogP contribution in [0.25, 0.3) is 0 Å². The molecule has 3 aromatic rings. The van der Waals surface area contributed by atoms with E-state index in [2.05, 4.69) is 24.0 Å². The van der Waals surface area contributed by atoms with E-state index < -0.39 is 11.7 Å². The van der Waals surface area contributed by atoms with Crippen molar-refractivity contribution in [1.29, 1.82) is 0 Å². The molecule has 7 heteroatoms. The molecule has 1 aliphatic heterocycles. The third-order valence-corrected chi connectivity index (χ3v) is 7.20. The molecule has 3 nitrogen and oxygen atoms in total. The van der Waals surface area contributed by atoms with E-state index in [1.165, 1.54) is 47.5 Å². The van der Waals surface area contributed by atoms with Crippen molar-refractivity contribution in [2.24, 2.45) is 5.92 Å². The number of amides is 1. The molecule has 1 saturated heterocycles. The number of aryl methyl sites for hydroxylation is 1. The van der Waals surface area contributed by atoms with Crippen molar-refractivity contribution in [2.75, 3.05) is 19.6 Å². The average Bonchev–Trinajstić information content (AvgIpc) is 3.24. The number of benzene rings is 3. The maximum atomic E-state index is 13.4. The van der Waals surface area contributed by atoms with Gasteiger partial charge in [0.05, 0.1) is 5.56 Å². The van der Waals surface area contributed by atoms with Gasteiger partial charge in [-0.1, -0.05) is 36.4 Å². The average molecular weight is 513 g/mol. The summed E-state index contributed by atoms with van der Waals surface area (Å²) in [7, 11) is 0. The van der Waals surface area contributed by atoms with E-state index in [9.17, 15) is 22.4 Å². The molecule has 0 saturated carbocycles. The van der Waals surface area contributed by atoms with Gasteiger partial charge in [-0.2, -0.15) is 13.2 Å². The van der Waals surface area contributed by atoms with Crippen LogP contribution >= 0.6 is 0 Å². The molecule has 1 heterocycles. The van der Waals surface area contributed by atoms with Crippen molar-refractivity contribution in [3.63, 3.8) is 0 Å². The zero-order valence-electron chi connectivity index (χ0n) is 21.3. The van der Waals surface area contributed by atoms with E-state index in [-0.39, 0.29) is 29.6 Å². The number of likely N-dealkylation sites (tertiary alicyclic amines) is 1. The standard InChI is InChI=1S/C30H32F4N2O/c1-20(2)36(29(37)23-10-14-26(31)15-11-23)18-24-17-35(19-28(24)27-7-5-4-6-21(27)3)16-22-8-12-25(13-9-22)30(32,33)34/h4-15,20,24,28H,16-19H2,1-3H3/t24-,28+/m1/s1. The van der Waals surface area contributed by atoms with E-state index in [4.69, 9.17) is 0 Å². The van der Waals surface area contributed by atoms with Gasteiger partial charge in [0, 0.05) is 43.7 Å². The SMILES string of the molecule is Cc1ccccc1[C@H]1CN(Cc2ccc(C(F)(F)F)cc2)C[C@@H]1CN(C(=O)c1ccc(F)cc1)C(C)C. The Morgan fingerprint density at radius 3 is 2.22 bits per heavy atom. The Kier molecular flexibility index (Phi) is 8.02. The highest BCUT2D eigenvalue weighted by atomic mass is 19.4. The van der Waals surface area contributed by atoms with Crippen LogP contribution in [0.4, 0.5) is 17.6 Å². The maximum absolute atomic E-state index is 13.4. The molecule has 37 heavy (non-hydrogen) atoms. The number of carbonyl (C=O) groups excluding carboxylic acids is 1. The second kappa shape index (κ2) is 11.1. The molecule has 0 N–H and O–H groups in total. The van der Waals surface area contributed by atoms with Crippen LogP contribution < -0.4 is 0 Å². The smallest absolute Gasteiger partial charge is 0.336 e. The molecule has 0 bridgehead atoms. The number of carbonyl (C=O) groups is 1. The van der Waals surface area contributed by atoms with Gasteiger partial charge in [0.15, 0.2) is 0 Å². The molecule has 1 fully saturated rings. The number of hydrogen-bond acceptors (Lipinski definition) is 2. The second-order valence-electron chi connectivity index (χ2n) is 10.2. The quantitative estimate of drug-likeness (QED) is 0.321. The summed E-state index contributed by atoms with van der Waals surface area (Å²) >= 11 is 0. The van der Waals surface area contributed by atoms with Gasteiger partial charge < -0.3 is 4.90 Å². The van der Waals surface area contributed by atoms with Gasteiger partial charge >= 0.3 is 6.18 Å². The number of halogens is 4. The van der Waals surface area contributed by atoms with Crippen LogP contribution in [0.1, 0.15) is 52.4 Å². The first kappa shape index (κ1) is 26.9. The van der Waals surface area contributed by atoms with Crippen LogP contribution in [0.5, 0.6) is 0 Å². The lowest BCUT2D eigenvalue weighted by molar-refractivity contribution is -0.137. The van der Waals surface area contributed by atoms with Crippen LogP contribution in [-0.2, 0) is 12.7 Å². The Morgan fingerprint density at radius 1 is 0.973 bits per heavy atom. The first-order chi connectivity index (χ1) is 17.5. The van der Waals surface area contributed by atoms with Gasteiger partial charge in [0.25, 0.3) is 5.91 Å². The molecule has 2 atom stereocenters. The predicted octanol–water partition coefficient (Wildman–Crippen LogP) is 6.92. The van der Waals surface area contributed by atoms with Crippen LogP contribution in [0.3, 0.4) is 0 Å². The second-order valence-corrected chi connectivity index (χ2v) is 10.2. The lowest BCUT2D eigenvalue weighted by atomic mass is 9.86. The molecule has 1 amide bonds. The van der Waals surface area contributed by atoms with E-state index in [1.54, 1.807) is 0 Å². The van der Waals surface area contributed by atoms with Crippen molar-refractivity contribution in [1.82, 2.24) is 9.80 Å². The van der Waals surface area contributed by atoms with E-state index in [0.29, 0.717) is 25.2 Å². The summed E-state index contributed by atoms with van der Waals surface area (Å²) in [6, 6.07) is 19.1. The molecular weight excluding hydrogens is 480 g/mol. The van der Waals surface area contributed by atoms with Crippen molar-refractivity contribution < 1.29 is 22.4 Å². The minimum absolute atomic E-state index is 0.0564. The normalized spacial score (nSPS) is 18.4. The summed E-state index contributed by atoms with van der Waals surface area (Å²) in [5, 5.41) is 0. The van der Waals surface area contributed by atoms with Gasteiger partial charge in [0.2, 0.25) is 0 Å². The highest BCUT2D eigenvalue weighted by Gasteiger charge is 2.37. The van der Waals surface area contributed by atoms with E-state index >= 15 is 0 Å². The molecular formula is C30H32F4N2O. The van der Waals surface area contributed by atoms with Crippen LogP contribution in [-0.4, -0.2) is 41.4 Å². The van der Waals surface area contributed by atoms with Gasteiger partial charge in [-0.25, -0.2) is 4.39 Å². The molecule has 0 aromatic heterocycles. The topological polar surface area (TPSA) is 23.6 Å². The third-order valence-electron chi connectivity index (χ3n) is 7.20. The minimum Gasteiger partial charge on any atom is -0.336 e. The largest absolute Gasteiger partial charge is 0.416 e. The highest BCUT2D eigenvalue weighted by Crippen LogP contribution is 2.36. The summed E-state index contributed by atoms with van der Waals surface area (Å²) in [6.45, 7) is 8.53. The van der Waals surface area contributed by atoms with Gasteiger partial charge in [0.1, 0.15) is 5.82 Å². The molecule has 0 radical (unpaired) electrons. The van der Waals surface area contributed by atoms with Gasteiger partial charge in [-0.05, 0) is 79.8 Å². The van der Waals surface area contributed by atoms with Crippen LogP contribution in [0.15, 0.2) is 72.8 Å². The van der Waals surface area contributed by atoms with Crippen molar-refractivity contribution in [3.05, 3.63) is 106 Å². The monoisotopic (exact) mass is 512 g/mol. The summed E-state index contributed by atoms with van der Waals surface area (Å²) in [5.74, 6) is -0.234. The first-order valence-electron chi connectivity index (χ1n) is 12.5. The number of hydrogen-bond donors (Lipinski definition) is 0. The lowest BCUT2D eigenvalue weighted by Gasteiger charge is -2.32. The lowest BCUT2D eigenvalue weighted by Crippen LogP contribution is -2.42. The Hall–Kier alpha value is -3.19. The van der Waals surface area contributed by atoms with Crippen molar-refractivity contribution in [2.45, 2.75) is 45.5 Å². The molecule has 0 aliphatic carbocycles. The Labute approximate surface area is 215 Å². The number of nitrogens with zero attached hydrogens (tertiary/aromatic N) is 2. The van der Waals surface area contributed by atoms with Crippen LogP contribution in [0, 0.1) is 18.7 Å². The maximum Gasteiger partial charge on any atom is 0.416 e. The third kappa shape index (κ3) is 6.39. The summed E-state index contributed by atoms with van der Waals surface area (Å²) in [5.41, 5.74) is 3.01. The van der Waals surface area contributed by atoms with Gasteiger partial charge in [-0.3, -0.25) is 9.69 Å². The summed E-state index contributed by atoms with van der Waals surface area (Å²) in [6.07, 6.45) is -4.36. The highest BCUT2D eigenvalue weighted by molar-refractivity contribution is 5.94. The first-order valence-corrected chi connectivity index (χ1v) is 12.5. The minimum atomic E-state index is -4.36. The fraction of sp³-hybridized carbons (Fsp3) is 0.367. The Balaban J connectivity index is 1.57. The molecule has 3 aromatic carbocycles. The molecule has 4 rings (SSSR count). The van der Waals surface area contributed by atoms with E-state index in [1.807, 2.05) is 30.9 Å². The zero-order valence-corrected chi connectivity index (χ0v) is 21.3. The molecule has 1 aliphatic rings.